The summed E-state index contributed by atoms with van der Waals surface area (Å²) >= 11 is 0. The van der Waals surface area contributed by atoms with Crippen LogP contribution in [0.2, 0.25) is 0 Å². The number of aryl methyl sites for hydroxylation is 1. The molecule has 0 saturated heterocycles. The van der Waals surface area contributed by atoms with E-state index in [1.165, 1.54) is 13.3 Å². The fourth-order valence-electron chi connectivity index (χ4n) is 4.65. The lowest BCUT2D eigenvalue weighted by atomic mass is 10.1. The molecular formula is C29H40N10O5. The second-order valence-corrected chi connectivity index (χ2v) is 10.4. The number of ketones is 1. The zero-order valence-corrected chi connectivity index (χ0v) is 25.2. The Morgan fingerprint density at radius 1 is 1.00 bits per heavy atom. The van der Waals surface area contributed by atoms with Crippen LogP contribution in [0.4, 0.5) is 5.82 Å². The molecule has 0 aromatic carbocycles. The maximum Gasteiger partial charge on any atom is 0.234 e. The van der Waals surface area contributed by atoms with Crippen molar-refractivity contribution < 1.29 is 23.9 Å². The van der Waals surface area contributed by atoms with Gasteiger partial charge < -0.3 is 30.8 Å². The molecule has 0 aliphatic heterocycles. The van der Waals surface area contributed by atoms with Gasteiger partial charge in [-0.3, -0.25) is 19.3 Å². The van der Waals surface area contributed by atoms with Crippen molar-refractivity contribution in [3.05, 3.63) is 30.9 Å². The smallest absolute Gasteiger partial charge is 0.234 e. The molecule has 4 aromatic heterocycles. The number of rotatable bonds is 19. The highest BCUT2D eigenvalue weighted by molar-refractivity contribution is 5.99. The normalized spacial score (nSPS) is 11.4. The predicted octanol–water partition coefficient (Wildman–Crippen LogP) is 0.909. The molecule has 0 saturated carbocycles. The van der Waals surface area contributed by atoms with Crippen molar-refractivity contribution in [2.45, 2.75) is 32.7 Å². The summed E-state index contributed by atoms with van der Waals surface area (Å²) in [5, 5.41) is 12.1. The van der Waals surface area contributed by atoms with Gasteiger partial charge in [0.25, 0.3) is 0 Å². The number of H-pyrrole nitrogens is 1. The quantitative estimate of drug-likeness (QED) is 0.110. The van der Waals surface area contributed by atoms with E-state index in [2.05, 4.69) is 30.6 Å². The van der Waals surface area contributed by atoms with Crippen LogP contribution >= 0.6 is 0 Å². The highest BCUT2D eigenvalue weighted by Gasteiger charge is 2.18. The van der Waals surface area contributed by atoms with Crippen LogP contribution in [0, 0.1) is 0 Å². The number of likely N-dealkylation sites (N-methyl/N-ethyl adjacent to an activating group) is 1. The van der Waals surface area contributed by atoms with Gasteiger partial charge in [-0.05, 0) is 38.9 Å². The summed E-state index contributed by atoms with van der Waals surface area (Å²) in [7, 11) is 1.72. The standard InChI is InChI=1S/C29H40N10O5/c1-20(40)17-38(2)18-24(42)32-9-12-44-14-13-43-11-6-23(41)31-7-3-4-10-39-29-25(27(30)35-19-36-29)26(37-39)22-15-21-5-8-33-28(21)34-16-22/h5,8,15-16,19H,3-4,6-7,9-14,17-18H2,1-2H3,(H,31,41)(H,32,42)(H,33,34)(H2,30,35,36). The Labute approximate surface area is 254 Å². The third kappa shape index (κ3) is 9.52. The van der Waals surface area contributed by atoms with Crippen LogP contribution in [0.5, 0.6) is 0 Å². The number of nitrogen functional groups attached to an aromatic ring is 1. The predicted molar refractivity (Wildman–Crippen MR) is 165 cm³/mol. The molecule has 0 bridgehead atoms. The fraction of sp³-hybridized carbons (Fsp3) is 0.483. The first-order chi connectivity index (χ1) is 21.3. The van der Waals surface area contributed by atoms with Gasteiger partial charge in [-0.15, -0.1) is 0 Å². The van der Waals surface area contributed by atoms with E-state index in [9.17, 15) is 14.4 Å². The molecule has 0 atom stereocenters. The van der Waals surface area contributed by atoms with Crippen LogP contribution in [-0.4, -0.2) is 112 Å². The molecule has 5 N–H and O–H groups in total. The molecule has 0 unspecified atom stereocenters. The number of unbranched alkanes of at least 4 members (excludes halogenated alkanes) is 1. The third-order valence-electron chi connectivity index (χ3n) is 6.67. The number of Topliss-reactive ketones (excluding diaryl/α,β-unsaturated/α-hetero) is 1. The molecule has 2 amide bonds. The Kier molecular flexibility index (Phi) is 12.1. The zero-order chi connectivity index (χ0) is 31.3. The van der Waals surface area contributed by atoms with Crippen LogP contribution in [-0.2, 0) is 30.4 Å². The van der Waals surface area contributed by atoms with Gasteiger partial charge in [-0.25, -0.2) is 19.6 Å². The number of carbonyl (C=O) groups excluding carboxylic acids is 3. The minimum absolute atomic E-state index is 0.00886. The minimum Gasteiger partial charge on any atom is -0.383 e. The van der Waals surface area contributed by atoms with Gasteiger partial charge >= 0.3 is 0 Å². The van der Waals surface area contributed by atoms with Crippen molar-refractivity contribution >= 4 is 45.5 Å². The highest BCUT2D eigenvalue weighted by Crippen LogP contribution is 2.31. The number of ether oxygens (including phenoxy) is 2. The average Bonchev–Trinajstić information content (AvgIpc) is 3.60. The fourth-order valence-corrected chi connectivity index (χ4v) is 4.65. The topological polar surface area (TPSA) is 195 Å². The number of pyridine rings is 1. The highest BCUT2D eigenvalue weighted by atomic mass is 16.5. The number of carbonyl (C=O) groups is 3. The Hall–Kier alpha value is -4.47. The van der Waals surface area contributed by atoms with Crippen molar-refractivity contribution in [2.24, 2.45) is 0 Å². The van der Waals surface area contributed by atoms with Crippen LogP contribution in [0.25, 0.3) is 33.3 Å². The molecule has 0 fully saturated rings. The summed E-state index contributed by atoms with van der Waals surface area (Å²) < 4.78 is 12.7. The number of aromatic nitrogens is 6. The average molecular weight is 609 g/mol. The molecule has 44 heavy (non-hydrogen) atoms. The number of nitrogens with one attached hydrogen (secondary N) is 3. The Balaban J connectivity index is 1.07. The van der Waals surface area contributed by atoms with Crippen molar-refractivity contribution in [3.8, 4) is 11.3 Å². The molecule has 15 nitrogen and oxygen atoms in total. The van der Waals surface area contributed by atoms with Crippen molar-refractivity contribution in [3.63, 3.8) is 0 Å². The number of anilines is 1. The number of nitrogens with two attached hydrogens (primary N) is 1. The molecular weight excluding hydrogens is 568 g/mol. The monoisotopic (exact) mass is 608 g/mol. The summed E-state index contributed by atoms with van der Waals surface area (Å²) in [4.78, 5) is 52.8. The van der Waals surface area contributed by atoms with Crippen molar-refractivity contribution in [1.29, 1.82) is 0 Å². The Morgan fingerprint density at radius 2 is 1.80 bits per heavy atom. The lowest BCUT2D eigenvalue weighted by Crippen LogP contribution is -2.38. The molecule has 15 heteroatoms. The first-order valence-corrected chi connectivity index (χ1v) is 14.6. The number of aromatic amines is 1. The minimum atomic E-state index is -0.164. The van der Waals surface area contributed by atoms with E-state index in [1.807, 2.05) is 23.0 Å². The summed E-state index contributed by atoms with van der Waals surface area (Å²) in [6, 6.07) is 3.96. The zero-order valence-electron chi connectivity index (χ0n) is 25.2. The van der Waals surface area contributed by atoms with Crippen molar-refractivity contribution in [2.75, 3.05) is 65.4 Å². The van der Waals surface area contributed by atoms with Crippen LogP contribution < -0.4 is 16.4 Å². The van der Waals surface area contributed by atoms with Gasteiger partial charge in [0, 0.05) is 49.4 Å². The van der Waals surface area contributed by atoms with Gasteiger partial charge in [0.1, 0.15) is 29.3 Å². The number of hydrogen-bond donors (Lipinski definition) is 4. The number of nitrogens with zero attached hydrogens (tertiary/aromatic N) is 6. The van der Waals surface area contributed by atoms with Gasteiger partial charge in [0.05, 0.1) is 44.9 Å². The Bertz CT molecular complexity index is 1550. The van der Waals surface area contributed by atoms with Crippen LogP contribution in [0.3, 0.4) is 0 Å². The molecule has 4 rings (SSSR count). The third-order valence-corrected chi connectivity index (χ3v) is 6.67. The maximum absolute atomic E-state index is 12.2. The van der Waals surface area contributed by atoms with Gasteiger partial charge in [-0.2, -0.15) is 5.10 Å². The molecule has 236 valence electrons. The van der Waals surface area contributed by atoms with Crippen molar-refractivity contribution in [1.82, 2.24) is 45.2 Å². The van der Waals surface area contributed by atoms with E-state index in [0.29, 0.717) is 68.6 Å². The van der Waals surface area contributed by atoms with E-state index in [1.54, 1.807) is 18.1 Å². The summed E-state index contributed by atoms with van der Waals surface area (Å²) in [6.07, 6.45) is 6.82. The first-order valence-electron chi connectivity index (χ1n) is 14.6. The molecule has 4 aromatic rings. The molecule has 0 spiro atoms. The number of hydrogen-bond acceptors (Lipinski definition) is 11. The summed E-state index contributed by atoms with van der Waals surface area (Å²) in [5.74, 6) is 0.127. The molecule has 4 heterocycles. The lowest BCUT2D eigenvalue weighted by molar-refractivity contribution is -0.123. The van der Waals surface area contributed by atoms with Gasteiger partial charge in [-0.1, -0.05) is 0 Å². The number of fused-ring (bicyclic) bond motifs is 2. The van der Waals surface area contributed by atoms with Gasteiger partial charge in [0.2, 0.25) is 11.8 Å². The second kappa shape index (κ2) is 16.4. The SMILES string of the molecule is CC(=O)CN(C)CC(=O)NCCOCCOCCC(=O)NCCCCn1nc(-c2cnc3[nH]ccc3c2)c2c(N)ncnc21. The second-order valence-electron chi connectivity index (χ2n) is 10.4. The summed E-state index contributed by atoms with van der Waals surface area (Å²) in [6.45, 7) is 4.75. The lowest BCUT2D eigenvalue weighted by Gasteiger charge is -2.14. The van der Waals surface area contributed by atoms with Crippen LogP contribution in [0.15, 0.2) is 30.9 Å². The van der Waals surface area contributed by atoms with E-state index in [-0.39, 0.29) is 37.1 Å². The first kappa shape index (κ1) is 32.4. The largest absolute Gasteiger partial charge is 0.383 e. The maximum atomic E-state index is 12.2. The van der Waals surface area contributed by atoms with E-state index in [0.717, 1.165) is 29.4 Å². The van der Waals surface area contributed by atoms with Crippen LogP contribution in [0.1, 0.15) is 26.2 Å². The van der Waals surface area contributed by atoms with Gasteiger partial charge in [0.15, 0.2) is 5.65 Å². The molecule has 0 aliphatic rings. The van der Waals surface area contributed by atoms with E-state index < -0.39 is 0 Å². The molecule has 0 radical (unpaired) electrons. The van der Waals surface area contributed by atoms with E-state index in [4.69, 9.17) is 20.3 Å². The summed E-state index contributed by atoms with van der Waals surface area (Å²) in [5.41, 5.74) is 9.18. The van der Waals surface area contributed by atoms with E-state index >= 15 is 0 Å². The molecule has 0 aliphatic carbocycles. The Morgan fingerprint density at radius 3 is 2.61 bits per heavy atom. The number of amides is 2.